The first-order chi connectivity index (χ1) is 12.2. The zero-order valence-corrected chi connectivity index (χ0v) is 14.1. The van der Waals surface area contributed by atoms with Crippen LogP contribution in [0.1, 0.15) is 30.4 Å². The molecule has 2 N–H and O–H groups in total. The molecule has 2 heterocycles. The first-order valence-electron chi connectivity index (χ1n) is 8.51. The summed E-state index contributed by atoms with van der Waals surface area (Å²) in [6, 6.07) is 11.1. The molecule has 1 saturated heterocycles. The lowest BCUT2D eigenvalue weighted by molar-refractivity contribution is -0.133. The molecule has 0 radical (unpaired) electrons. The Hall–Kier alpha value is -2.89. The highest BCUT2D eigenvalue weighted by Gasteiger charge is 2.18. The van der Waals surface area contributed by atoms with E-state index in [1.54, 1.807) is 12.4 Å². The van der Waals surface area contributed by atoms with Crippen LogP contribution in [0.15, 0.2) is 48.8 Å². The lowest BCUT2D eigenvalue weighted by atomic mass is 10.1. The van der Waals surface area contributed by atoms with E-state index in [2.05, 4.69) is 15.6 Å². The van der Waals surface area contributed by atoms with Gasteiger partial charge in [0, 0.05) is 44.1 Å². The molecule has 3 amide bonds. The smallest absolute Gasteiger partial charge is 0.319 e. The molecule has 1 aromatic heterocycles. The highest BCUT2D eigenvalue weighted by atomic mass is 16.2. The fourth-order valence-electron chi connectivity index (χ4n) is 2.86. The number of nitrogens with zero attached hydrogens (tertiary/aromatic N) is 2. The summed E-state index contributed by atoms with van der Waals surface area (Å²) in [4.78, 5) is 29.9. The van der Waals surface area contributed by atoms with Gasteiger partial charge in [0.2, 0.25) is 5.91 Å². The number of rotatable bonds is 5. The Kier molecular flexibility index (Phi) is 5.61. The average molecular weight is 338 g/mol. The molecule has 0 atom stereocenters. The van der Waals surface area contributed by atoms with E-state index in [0.29, 0.717) is 25.2 Å². The van der Waals surface area contributed by atoms with Gasteiger partial charge in [0.15, 0.2) is 0 Å². The number of pyridine rings is 1. The van der Waals surface area contributed by atoms with Gasteiger partial charge in [-0.05, 0) is 42.2 Å². The van der Waals surface area contributed by atoms with Gasteiger partial charge in [0.05, 0.1) is 0 Å². The molecular weight excluding hydrogens is 316 g/mol. The number of nitrogens with one attached hydrogen (secondary N) is 2. The Bertz CT molecular complexity index is 733. The largest absolute Gasteiger partial charge is 0.338 e. The number of likely N-dealkylation sites (tertiary alicyclic amines) is 1. The lowest BCUT2D eigenvalue weighted by Crippen LogP contribution is -2.34. The van der Waals surface area contributed by atoms with Gasteiger partial charge in [-0.3, -0.25) is 9.78 Å². The highest BCUT2D eigenvalue weighted by Crippen LogP contribution is 2.17. The number of carbonyl (C=O) groups excluding carboxylic acids is 2. The van der Waals surface area contributed by atoms with E-state index < -0.39 is 0 Å². The molecule has 1 aliphatic rings. The number of hydrogen-bond donors (Lipinski definition) is 2. The maximum atomic E-state index is 12.0. The van der Waals surface area contributed by atoms with E-state index in [1.165, 1.54) is 0 Å². The van der Waals surface area contributed by atoms with E-state index in [4.69, 9.17) is 0 Å². The third-order valence-electron chi connectivity index (χ3n) is 4.16. The van der Waals surface area contributed by atoms with Crippen molar-refractivity contribution in [2.24, 2.45) is 0 Å². The molecule has 1 fully saturated rings. The van der Waals surface area contributed by atoms with Crippen molar-refractivity contribution < 1.29 is 9.59 Å². The number of urea groups is 1. The number of anilines is 1. The summed E-state index contributed by atoms with van der Waals surface area (Å²) in [7, 11) is 0. The molecule has 25 heavy (non-hydrogen) atoms. The molecule has 130 valence electrons. The van der Waals surface area contributed by atoms with Crippen LogP contribution in [0.2, 0.25) is 0 Å². The van der Waals surface area contributed by atoms with Crippen LogP contribution in [0.3, 0.4) is 0 Å². The predicted molar refractivity (Wildman–Crippen MR) is 95.8 cm³/mol. The molecular formula is C19H22N4O2. The SMILES string of the molecule is O=C(NCc1cccnc1)Nc1cccc(CN2CCCCC2=O)c1. The molecule has 0 bridgehead atoms. The summed E-state index contributed by atoms with van der Waals surface area (Å²) >= 11 is 0. The summed E-state index contributed by atoms with van der Waals surface area (Å²) in [5.74, 6) is 0.207. The van der Waals surface area contributed by atoms with Gasteiger partial charge in [-0.2, -0.15) is 0 Å². The van der Waals surface area contributed by atoms with Gasteiger partial charge in [-0.25, -0.2) is 4.79 Å². The van der Waals surface area contributed by atoms with Crippen LogP contribution in [0.5, 0.6) is 0 Å². The molecule has 0 spiro atoms. The third-order valence-corrected chi connectivity index (χ3v) is 4.16. The van der Waals surface area contributed by atoms with Gasteiger partial charge in [0.1, 0.15) is 0 Å². The Balaban J connectivity index is 1.54. The minimum Gasteiger partial charge on any atom is -0.338 e. The average Bonchev–Trinajstić information content (AvgIpc) is 2.63. The van der Waals surface area contributed by atoms with Crippen LogP contribution in [0.25, 0.3) is 0 Å². The maximum Gasteiger partial charge on any atom is 0.319 e. The fourth-order valence-corrected chi connectivity index (χ4v) is 2.86. The van der Waals surface area contributed by atoms with Crippen molar-refractivity contribution in [1.82, 2.24) is 15.2 Å². The fraction of sp³-hybridized carbons (Fsp3) is 0.316. The molecule has 6 heteroatoms. The first kappa shape index (κ1) is 17.0. The van der Waals surface area contributed by atoms with Gasteiger partial charge < -0.3 is 15.5 Å². The molecule has 0 aliphatic carbocycles. The van der Waals surface area contributed by atoms with Gasteiger partial charge in [-0.15, -0.1) is 0 Å². The van der Waals surface area contributed by atoms with Crippen LogP contribution in [-0.4, -0.2) is 28.4 Å². The number of carbonyl (C=O) groups is 2. The Morgan fingerprint density at radius 2 is 2.04 bits per heavy atom. The van der Waals surface area contributed by atoms with Crippen molar-refractivity contribution in [2.45, 2.75) is 32.4 Å². The summed E-state index contributed by atoms with van der Waals surface area (Å²) in [6.45, 7) is 1.81. The van der Waals surface area contributed by atoms with Crippen LogP contribution in [-0.2, 0) is 17.9 Å². The Morgan fingerprint density at radius 1 is 1.16 bits per heavy atom. The second kappa shape index (κ2) is 8.28. The number of aromatic nitrogens is 1. The van der Waals surface area contributed by atoms with Crippen LogP contribution < -0.4 is 10.6 Å². The second-order valence-corrected chi connectivity index (χ2v) is 6.14. The van der Waals surface area contributed by atoms with Crippen LogP contribution in [0.4, 0.5) is 10.5 Å². The number of benzene rings is 1. The van der Waals surface area contributed by atoms with Gasteiger partial charge in [0.25, 0.3) is 0 Å². The molecule has 0 unspecified atom stereocenters. The molecule has 3 rings (SSSR count). The molecule has 2 aromatic rings. The Labute approximate surface area is 147 Å². The quantitative estimate of drug-likeness (QED) is 0.880. The van der Waals surface area contributed by atoms with Crippen molar-refractivity contribution >= 4 is 17.6 Å². The zero-order chi connectivity index (χ0) is 17.5. The summed E-state index contributed by atoms with van der Waals surface area (Å²) in [5.41, 5.74) is 2.67. The lowest BCUT2D eigenvalue weighted by Gasteiger charge is -2.26. The van der Waals surface area contributed by atoms with E-state index in [9.17, 15) is 9.59 Å². The van der Waals surface area contributed by atoms with E-state index in [-0.39, 0.29) is 11.9 Å². The molecule has 0 saturated carbocycles. The summed E-state index contributed by atoms with van der Waals surface area (Å²) in [6.07, 6.45) is 6.09. The topological polar surface area (TPSA) is 74.3 Å². The zero-order valence-electron chi connectivity index (χ0n) is 14.1. The monoisotopic (exact) mass is 338 g/mol. The third kappa shape index (κ3) is 5.04. The first-order valence-corrected chi connectivity index (χ1v) is 8.51. The normalized spacial score (nSPS) is 14.2. The van der Waals surface area contributed by atoms with Gasteiger partial charge in [-0.1, -0.05) is 18.2 Å². The standard InChI is InChI=1S/C19H22N4O2/c24-18-8-1-2-10-23(18)14-15-5-3-7-17(11-15)22-19(25)21-13-16-6-4-9-20-12-16/h3-7,9,11-12H,1-2,8,10,13-14H2,(H2,21,22,25). The molecule has 1 aromatic carbocycles. The van der Waals surface area contributed by atoms with Crippen molar-refractivity contribution in [2.75, 3.05) is 11.9 Å². The maximum absolute atomic E-state index is 12.0. The van der Waals surface area contributed by atoms with Crippen molar-refractivity contribution in [3.63, 3.8) is 0 Å². The minimum absolute atomic E-state index is 0.207. The molecule has 6 nitrogen and oxygen atoms in total. The van der Waals surface area contributed by atoms with E-state index in [1.807, 2.05) is 41.3 Å². The van der Waals surface area contributed by atoms with Crippen molar-refractivity contribution in [3.8, 4) is 0 Å². The van der Waals surface area contributed by atoms with E-state index >= 15 is 0 Å². The Morgan fingerprint density at radius 3 is 2.84 bits per heavy atom. The summed E-state index contributed by atoms with van der Waals surface area (Å²) in [5, 5.41) is 5.63. The van der Waals surface area contributed by atoms with E-state index in [0.717, 1.165) is 30.5 Å². The summed E-state index contributed by atoms with van der Waals surface area (Å²) < 4.78 is 0. The van der Waals surface area contributed by atoms with Gasteiger partial charge >= 0.3 is 6.03 Å². The second-order valence-electron chi connectivity index (χ2n) is 6.14. The number of amides is 3. The van der Waals surface area contributed by atoms with Crippen LogP contribution >= 0.6 is 0 Å². The number of piperidine rings is 1. The van der Waals surface area contributed by atoms with Crippen molar-refractivity contribution in [1.29, 1.82) is 0 Å². The highest BCUT2D eigenvalue weighted by molar-refractivity contribution is 5.89. The van der Waals surface area contributed by atoms with Crippen LogP contribution in [0, 0.1) is 0 Å². The molecule has 1 aliphatic heterocycles. The number of hydrogen-bond acceptors (Lipinski definition) is 3. The predicted octanol–water partition coefficient (Wildman–Crippen LogP) is 2.92. The minimum atomic E-state index is -0.268. The van der Waals surface area contributed by atoms with Crippen molar-refractivity contribution in [3.05, 3.63) is 59.9 Å².